The molecule has 0 radical (unpaired) electrons. The minimum absolute atomic E-state index is 0.415. The number of hydrogen-bond donors (Lipinski definition) is 1. The van der Waals surface area contributed by atoms with Crippen molar-refractivity contribution in [3.63, 3.8) is 0 Å². The summed E-state index contributed by atoms with van der Waals surface area (Å²) < 4.78 is 0. The van der Waals surface area contributed by atoms with Gasteiger partial charge in [0.2, 0.25) is 0 Å². The van der Waals surface area contributed by atoms with Crippen LogP contribution in [0.1, 0.15) is 36.2 Å². The second kappa shape index (κ2) is 4.08. The predicted octanol–water partition coefficient (Wildman–Crippen LogP) is 2.41. The molecule has 0 fully saturated rings. The zero-order chi connectivity index (χ0) is 11.7. The molecule has 1 aromatic carbocycles. The maximum Gasteiger partial charge on any atom is 0.296 e. The van der Waals surface area contributed by atoms with Crippen LogP contribution in [0.3, 0.4) is 0 Å². The van der Waals surface area contributed by atoms with E-state index in [9.17, 15) is 9.59 Å². The van der Waals surface area contributed by atoms with E-state index in [-0.39, 0.29) is 0 Å². The fourth-order valence-electron chi connectivity index (χ4n) is 1.88. The fraction of sp³-hybridized carbons (Fsp3) is 0.385. The molecule has 0 aliphatic carbocycles. The van der Waals surface area contributed by atoms with Gasteiger partial charge in [-0.05, 0) is 30.4 Å². The number of nitrogens with one attached hydrogen (secondary N) is 1. The molecule has 1 N–H and O–H groups in total. The SMILES string of the molecule is CC(C)CCc1cccc2c1NC(=O)C2=O. The van der Waals surface area contributed by atoms with Gasteiger partial charge in [-0.25, -0.2) is 0 Å². The first kappa shape index (κ1) is 10.9. The lowest BCUT2D eigenvalue weighted by Crippen LogP contribution is -2.12. The van der Waals surface area contributed by atoms with Crippen molar-refractivity contribution in [2.24, 2.45) is 5.92 Å². The molecule has 1 aliphatic rings. The molecule has 0 atom stereocenters. The summed E-state index contributed by atoms with van der Waals surface area (Å²) in [4.78, 5) is 22.7. The van der Waals surface area contributed by atoms with Gasteiger partial charge in [0, 0.05) is 0 Å². The molecule has 1 heterocycles. The Balaban J connectivity index is 2.29. The molecule has 0 unspecified atom stereocenters. The van der Waals surface area contributed by atoms with Gasteiger partial charge >= 0.3 is 0 Å². The van der Waals surface area contributed by atoms with Gasteiger partial charge in [-0.15, -0.1) is 0 Å². The number of benzene rings is 1. The number of anilines is 1. The van der Waals surface area contributed by atoms with Gasteiger partial charge in [-0.3, -0.25) is 9.59 Å². The van der Waals surface area contributed by atoms with E-state index in [2.05, 4.69) is 19.2 Å². The van der Waals surface area contributed by atoms with Crippen LogP contribution < -0.4 is 5.32 Å². The number of carbonyl (C=O) groups excluding carboxylic acids is 2. The lowest BCUT2D eigenvalue weighted by Gasteiger charge is -2.08. The Hall–Kier alpha value is -1.64. The summed E-state index contributed by atoms with van der Waals surface area (Å²) in [6, 6.07) is 5.52. The summed E-state index contributed by atoms with van der Waals surface area (Å²) in [7, 11) is 0. The molecule has 2 rings (SSSR count). The number of Topliss-reactive ketones (excluding diaryl/α,β-unsaturated/α-hetero) is 1. The smallest absolute Gasteiger partial charge is 0.296 e. The van der Waals surface area contributed by atoms with Crippen LogP contribution in [0.4, 0.5) is 5.69 Å². The Morgan fingerprint density at radius 1 is 1.25 bits per heavy atom. The molecule has 0 bridgehead atoms. The van der Waals surface area contributed by atoms with Crippen molar-refractivity contribution in [3.8, 4) is 0 Å². The van der Waals surface area contributed by atoms with Crippen molar-refractivity contribution < 1.29 is 9.59 Å². The summed E-state index contributed by atoms with van der Waals surface area (Å²) in [5.74, 6) is -0.308. The lowest BCUT2D eigenvalue weighted by atomic mass is 9.99. The summed E-state index contributed by atoms with van der Waals surface area (Å²) in [6.45, 7) is 4.32. The number of para-hydroxylation sites is 1. The Bertz CT molecular complexity index is 449. The normalized spacial score (nSPS) is 14.2. The van der Waals surface area contributed by atoms with E-state index in [0.717, 1.165) is 24.1 Å². The van der Waals surface area contributed by atoms with Gasteiger partial charge < -0.3 is 5.32 Å². The average Bonchev–Trinajstić information content (AvgIpc) is 2.53. The highest BCUT2D eigenvalue weighted by atomic mass is 16.2. The molecule has 0 spiro atoms. The Kier molecular flexibility index (Phi) is 2.77. The maximum absolute atomic E-state index is 11.5. The van der Waals surface area contributed by atoms with E-state index in [1.165, 1.54) is 0 Å². The van der Waals surface area contributed by atoms with Gasteiger partial charge in [0.25, 0.3) is 11.7 Å². The quantitative estimate of drug-likeness (QED) is 0.790. The summed E-state index contributed by atoms with van der Waals surface area (Å²) in [6.07, 6.45) is 1.95. The molecule has 0 aromatic heterocycles. The van der Waals surface area contributed by atoms with Crippen LogP contribution in [0.25, 0.3) is 0 Å². The highest BCUT2D eigenvalue weighted by Crippen LogP contribution is 2.28. The van der Waals surface area contributed by atoms with Crippen molar-refractivity contribution in [2.75, 3.05) is 5.32 Å². The van der Waals surface area contributed by atoms with Crippen LogP contribution in [-0.2, 0) is 11.2 Å². The Labute approximate surface area is 94.9 Å². The molecule has 1 aliphatic heterocycles. The summed E-state index contributed by atoms with van der Waals surface area (Å²) in [5, 5.41) is 2.65. The topological polar surface area (TPSA) is 46.2 Å². The van der Waals surface area contributed by atoms with E-state index in [0.29, 0.717) is 11.5 Å². The minimum atomic E-state index is -0.507. The van der Waals surface area contributed by atoms with Gasteiger partial charge in [0.05, 0.1) is 11.3 Å². The van der Waals surface area contributed by atoms with Crippen LogP contribution in [0, 0.1) is 5.92 Å². The van der Waals surface area contributed by atoms with E-state index in [1.54, 1.807) is 6.07 Å². The molecular weight excluding hydrogens is 202 g/mol. The highest BCUT2D eigenvalue weighted by molar-refractivity contribution is 6.51. The minimum Gasteiger partial charge on any atom is -0.318 e. The molecule has 3 heteroatoms. The summed E-state index contributed by atoms with van der Waals surface area (Å²) in [5.41, 5.74) is 2.30. The number of carbonyl (C=O) groups is 2. The third kappa shape index (κ3) is 1.85. The zero-order valence-electron chi connectivity index (χ0n) is 9.54. The molecule has 0 saturated heterocycles. The van der Waals surface area contributed by atoms with E-state index < -0.39 is 11.7 Å². The number of rotatable bonds is 3. The van der Waals surface area contributed by atoms with E-state index in [1.807, 2.05) is 12.1 Å². The highest BCUT2D eigenvalue weighted by Gasteiger charge is 2.29. The van der Waals surface area contributed by atoms with Crippen molar-refractivity contribution in [2.45, 2.75) is 26.7 Å². The average molecular weight is 217 g/mol. The number of ketones is 1. The first-order valence-electron chi connectivity index (χ1n) is 5.57. The molecular formula is C13H15NO2. The zero-order valence-corrected chi connectivity index (χ0v) is 9.54. The van der Waals surface area contributed by atoms with Crippen LogP contribution in [0.2, 0.25) is 0 Å². The van der Waals surface area contributed by atoms with Gasteiger partial charge in [0.15, 0.2) is 0 Å². The number of hydrogen-bond acceptors (Lipinski definition) is 2. The molecule has 3 nitrogen and oxygen atoms in total. The third-order valence-electron chi connectivity index (χ3n) is 2.83. The predicted molar refractivity (Wildman–Crippen MR) is 62.6 cm³/mol. The standard InChI is InChI=1S/C13H15NO2/c1-8(2)6-7-9-4-3-5-10-11(9)14-13(16)12(10)15/h3-5,8H,6-7H2,1-2H3,(H,14,15,16). The molecule has 1 aromatic rings. The third-order valence-corrected chi connectivity index (χ3v) is 2.83. The number of aryl methyl sites for hydroxylation is 1. The van der Waals surface area contributed by atoms with Crippen LogP contribution in [0.5, 0.6) is 0 Å². The van der Waals surface area contributed by atoms with Crippen molar-refractivity contribution in [3.05, 3.63) is 29.3 Å². The van der Waals surface area contributed by atoms with Crippen molar-refractivity contribution in [1.82, 2.24) is 0 Å². The maximum atomic E-state index is 11.5. The molecule has 1 amide bonds. The van der Waals surface area contributed by atoms with Crippen LogP contribution in [-0.4, -0.2) is 11.7 Å². The van der Waals surface area contributed by atoms with Crippen molar-refractivity contribution in [1.29, 1.82) is 0 Å². The largest absolute Gasteiger partial charge is 0.318 e. The molecule has 16 heavy (non-hydrogen) atoms. The molecule has 0 saturated carbocycles. The fourth-order valence-corrected chi connectivity index (χ4v) is 1.88. The lowest BCUT2D eigenvalue weighted by molar-refractivity contribution is -0.112. The Morgan fingerprint density at radius 3 is 2.69 bits per heavy atom. The molecule has 84 valence electrons. The number of amides is 1. The first-order chi connectivity index (χ1) is 7.59. The summed E-state index contributed by atoms with van der Waals surface area (Å²) >= 11 is 0. The van der Waals surface area contributed by atoms with Gasteiger partial charge in [-0.1, -0.05) is 26.0 Å². The second-order valence-corrected chi connectivity index (χ2v) is 4.56. The van der Waals surface area contributed by atoms with Gasteiger partial charge in [0.1, 0.15) is 0 Å². The Morgan fingerprint density at radius 2 is 2.00 bits per heavy atom. The van der Waals surface area contributed by atoms with E-state index in [4.69, 9.17) is 0 Å². The van der Waals surface area contributed by atoms with Crippen LogP contribution in [0.15, 0.2) is 18.2 Å². The van der Waals surface area contributed by atoms with Crippen molar-refractivity contribution >= 4 is 17.4 Å². The number of fused-ring (bicyclic) bond motifs is 1. The second-order valence-electron chi connectivity index (χ2n) is 4.56. The van der Waals surface area contributed by atoms with Crippen LogP contribution >= 0.6 is 0 Å². The van der Waals surface area contributed by atoms with Gasteiger partial charge in [-0.2, -0.15) is 0 Å². The monoisotopic (exact) mass is 217 g/mol. The van der Waals surface area contributed by atoms with E-state index >= 15 is 0 Å². The first-order valence-corrected chi connectivity index (χ1v) is 5.57.